The Morgan fingerprint density at radius 3 is 2.19 bits per heavy atom. The number of carbonyl (C=O) groups excluding carboxylic acids is 2. The van der Waals surface area contributed by atoms with Gasteiger partial charge in [-0.3, -0.25) is 14.4 Å². The monoisotopic (exact) mass is 370 g/mol. The summed E-state index contributed by atoms with van der Waals surface area (Å²) in [6.45, 7) is 0.0485. The van der Waals surface area contributed by atoms with Crippen molar-refractivity contribution in [1.82, 2.24) is 5.32 Å². The lowest BCUT2D eigenvalue weighted by molar-refractivity contribution is -0.136. The van der Waals surface area contributed by atoms with Crippen molar-refractivity contribution in [3.63, 3.8) is 0 Å². The fourth-order valence-corrected chi connectivity index (χ4v) is 2.88. The van der Waals surface area contributed by atoms with E-state index in [1.54, 1.807) is 36.4 Å². The summed E-state index contributed by atoms with van der Waals surface area (Å²) in [7, 11) is 0. The Morgan fingerprint density at radius 2 is 1.63 bits per heavy atom. The zero-order chi connectivity index (χ0) is 19.4. The summed E-state index contributed by atoms with van der Waals surface area (Å²) >= 11 is 0. The molecule has 0 bridgehead atoms. The quantitative estimate of drug-likeness (QED) is 0.698. The first kappa shape index (κ1) is 18.6. The molecule has 1 saturated carbocycles. The number of carbonyl (C=O) groups is 3. The SMILES string of the molecule is O=C(O)CCNC(=O)c1ccc(NC(=O)C2(c3ccc(F)cc3)CC2)cc1. The zero-order valence-corrected chi connectivity index (χ0v) is 14.5. The molecule has 27 heavy (non-hydrogen) atoms. The molecule has 0 aromatic heterocycles. The third-order valence-electron chi connectivity index (χ3n) is 4.61. The number of aliphatic carboxylic acids is 1. The van der Waals surface area contributed by atoms with Gasteiger partial charge in [-0.15, -0.1) is 0 Å². The van der Waals surface area contributed by atoms with Gasteiger partial charge in [0.2, 0.25) is 5.91 Å². The van der Waals surface area contributed by atoms with Crippen LogP contribution in [-0.4, -0.2) is 29.4 Å². The highest BCUT2D eigenvalue weighted by atomic mass is 19.1. The van der Waals surface area contributed by atoms with Gasteiger partial charge in [-0.25, -0.2) is 4.39 Å². The number of rotatable bonds is 7. The number of nitrogens with one attached hydrogen (secondary N) is 2. The lowest BCUT2D eigenvalue weighted by Gasteiger charge is -2.16. The average molecular weight is 370 g/mol. The molecular formula is C20H19FN2O4. The van der Waals surface area contributed by atoms with Gasteiger partial charge in [-0.05, 0) is 54.8 Å². The van der Waals surface area contributed by atoms with E-state index in [0.717, 1.165) is 5.56 Å². The molecule has 3 rings (SSSR count). The summed E-state index contributed by atoms with van der Waals surface area (Å²) in [4.78, 5) is 35.0. The molecule has 0 radical (unpaired) electrons. The first-order valence-electron chi connectivity index (χ1n) is 8.58. The number of carboxylic acid groups (broad SMARTS) is 1. The van der Waals surface area contributed by atoms with Crippen LogP contribution in [-0.2, 0) is 15.0 Å². The van der Waals surface area contributed by atoms with Crippen LogP contribution < -0.4 is 10.6 Å². The molecule has 1 fully saturated rings. The summed E-state index contributed by atoms with van der Waals surface area (Å²) in [5.74, 6) is -1.86. The van der Waals surface area contributed by atoms with E-state index in [2.05, 4.69) is 10.6 Å². The maximum absolute atomic E-state index is 13.1. The van der Waals surface area contributed by atoms with Gasteiger partial charge in [0.15, 0.2) is 0 Å². The topological polar surface area (TPSA) is 95.5 Å². The highest BCUT2D eigenvalue weighted by molar-refractivity contribution is 6.02. The van der Waals surface area contributed by atoms with E-state index in [4.69, 9.17) is 5.11 Å². The predicted octanol–water partition coefficient (Wildman–Crippen LogP) is 2.70. The Morgan fingerprint density at radius 1 is 1.00 bits per heavy atom. The highest BCUT2D eigenvalue weighted by Gasteiger charge is 2.51. The third kappa shape index (κ3) is 4.31. The van der Waals surface area contributed by atoms with Gasteiger partial charge < -0.3 is 15.7 Å². The molecule has 2 aromatic rings. The minimum atomic E-state index is -0.983. The molecule has 1 aliphatic carbocycles. The molecule has 0 unspecified atom stereocenters. The molecule has 140 valence electrons. The van der Waals surface area contributed by atoms with E-state index in [-0.39, 0.29) is 30.6 Å². The molecule has 2 amide bonds. The molecule has 0 saturated heterocycles. The zero-order valence-electron chi connectivity index (χ0n) is 14.5. The largest absolute Gasteiger partial charge is 0.481 e. The van der Waals surface area contributed by atoms with Crippen molar-refractivity contribution in [3.05, 3.63) is 65.5 Å². The fraction of sp³-hybridized carbons (Fsp3) is 0.250. The van der Waals surface area contributed by atoms with Crippen LogP contribution in [0.5, 0.6) is 0 Å². The molecule has 0 spiro atoms. The summed E-state index contributed by atoms with van der Waals surface area (Å²) in [5, 5.41) is 13.9. The van der Waals surface area contributed by atoms with Gasteiger partial charge in [0.25, 0.3) is 5.91 Å². The average Bonchev–Trinajstić information content (AvgIpc) is 3.44. The number of hydrogen-bond donors (Lipinski definition) is 3. The first-order valence-corrected chi connectivity index (χ1v) is 8.58. The maximum atomic E-state index is 13.1. The minimum Gasteiger partial charge on any atom is -0.481 e. The van der Waals surface area contributed by atoms with Crippen molar-refractivity contribution >= 4 is 23.5 Å². The number of hydrogen-bond acceptors (Lipinski definition) is 3. The lowest BCUT2D eigenvalue weighted by Crippen LogP contribution is -2.28. The molecule has 7 heteroatoms. The number of amides is 2. The summed E-state index contributed by atoms with van der Waals surface area (Å²) in [6.07, 6.45) is 1.26. The Bertz CT molecular complexity index is 859. The van der Waals surface area contributed by atoms with Crippen LogP contribution in [0.3, 0.4) is 0 Å². The van der Waals surface area contributed by atoms with Gasteiger partial charge in [-0.1, -0.05) is 12.1 Å². The van der Waals surface area contributed by atoms with Crippen molar-refractivity contribution < 1.29 is 23.9 Å². The van der Waals surface area contributed by atoms with E-state index in [1.807, 2.05) is 0 Å². The summed E-state index contributed by atoms with van der Waals surface area (Å²) in [6, 6.07) is 12.3. The second-order valence-corrected chi connectivity index (χ2v) is 6.52. The van der Waals surface area contributed by atoms with Crippen LogP contribution >= 0.6 is 0 Å². The molecule has 1 aliphatic rings. The van der Waals surface area contributed by atoms with E-state index in [1.165, 1.54) is 12.1 Å². The standard InChI is InChI=1S/C20H19FN2O4/c21-15-5-3-14(4-6-15)20(10-11-20)19(27)23-16-7-1-13(2-8-16)18(26)22-12-9-17(24)25/h1-8H,9-12H2,(H,22,26)(H,23,27)(H,24,25). The van der Waals surface area contributed by atoms with Gasteiger partial charge in [0, 0.05) is 17.8 Å². The van der Waals surface area contributed by atoms with Crippen LogP contribution in [0.1, 0.15) is 35.2 Å². The van der Waals surface area contributed by atoms with Crippen LogP contribution in [0.15, 0.2) is 48.5 Å². The highest BCUT2D eigenvalue weighted by Crippen LogP contribution is 2.49. The van der Waals surface area contributed by atoms with E-state index >= 15 is 0 Å². The molecule has 0 aliphatic heterocycles. The van der Waals surface area contributed by atoms with Crippen molar-refractivity contribution in [3.8, 4) is 0 Å². The Balaban J connectivity index is 1.61. The number of benzene rings is 2. The van der Waals surface area contributed by atoms with E-state index in [0.29, 0.717) is 24.1 Å². The molecule has 6 nitrogen and oxygen atoms in total. The van der Waals surface area contributed by atoms with Gasteiger partial charge in [-0.2, -0.15) is 0 Å². The van der Waals surface area contributed by atoms with Crippen molar-refractivity contribution in [2.45, 2.75) is 24.7 Å². The second kappa shape index (κ2) is 7.57. The van der Waals surface area contributed by atoms with Crippen molar-refractivity contribution in [2.24, 2.45) is 0 Å². The molecule has 0 atom stereocenters. The molecule has 3 N–H and O–H groups in total. The van der Waals surface area contributed by atoms with Crippen LogP contribution in [0, 0.1) is 5.82 Å². The van der Waals surface area contributed by atoms with Crippen molar-refractivity contribution in [2.75, 3.05) is 11.9 Å². The Labute approximate surface area is 155 Å². The molecular weight excluding hydrogens is 351 g/mol. The second-order valence-electron chi connectivity index (χ2n) is 6.52. The van der Waals surface area contributed by atoms with E-state index < -0.39 is 11.4 Å². The molecule has 0 heterocycles. The van der Waals surface area contributed by atoms with Crippen LogP contribution in [0.4, 0.5) is 10.1 Å². The number of anilines is 1. The van der Waals surface area contributed by atoms with Crippen molar-refractivity contribution in [1.29, 1.82) is 0 Å². The lowest BCUT2D eigenvalue weighted by atomic mass is 9.95. The minimum absolute atomic E-state index is 0.0485. The predicted molar refractivity (Wildman–Crippen MR) is 97.0 cm³/mol. The summed E-state index contributed by atoms with van der Waals surface area (Å²) in [5.41, 5.74) is 1.09. The maximum Gasteiger partial charge on any atom is 0.305 e. The van der Waals surface area contributed by atoms with Gasteiger partial charge in [0.1, 0.15) is 5.82 Å². The smallest absolute Gasteiger partial charge is 0.305 e. The number of halogens is 1. The Hall–Kier alpha value is -3.22. The van der Waals surface area contributed by atoms with E-state index in [9.17, 15) is 18.8 Å². The number of carboxylic acids is 1. The van der Waals surface area contributed by atoms with Gasteiger partial charge >= 0.3 is 5.97 Å². The fourth-order valence-electron chi connectivity index (χ4n) is 2.88. The third-order valence-corrected chi connectivity index (χ3v) is 4.61. The molecule has 2 aromatic carbocycles. The normalized spacial score (nSPS) is 14.3. The van der Waals surface area contributed by atoms with Crippen LogP contribution in [0.25, 0.3) is 0 Å². The Kier molecular flexibility index (Phi) is 5.21. The van der Waals surface area contributed by atoms with Gasteiger partial charge in [0.05, 0.1) is 11.8 Å². The van der Waals surface area contributed by atoms with Crippen LogP contribution in [0.2, 0.25) is 0 Å². The first-order chi connectivity index (χ1) is 12.9. The summed E-state index contributed by atoms with van der Waals surface area (Å²) < 4.78 is 13.1.